The van der Waals surface area contributed by atoms with Gasteiger partial charge < -0.3 is 10.2 Å². The zero-order valence-corrected chi connectivity index (χ0v) is 8.09. The molecule has 0 unspecified atom stereocenters. The lowest BCUT2D eigenvalue weighted by Crippen LogP contribution is -2.74. The standard InChI is InChI=1S/C10H18O2/c1-8(2)7-4-5-9(3,11)10(8,12)6-7/h7,11-12H,4-6H2,1-3H3/t7-,9+,10-/m1/s1. The van der Waals surface area contributed by atoms with E-state index in [9.17, 15) is 10.2 Å². The highest BCUT2D eigenvalue weighted by Gasteiger charge is 2.69. The Labute approximate surface area is 73.6 Å². The molecule has 3 aliphatic rings. The van der Waals surface area contributed by atoms with Crippen LogP contribution in [-0.2, 0) is 0 Å². The Hall–Kier alpha value is -0.0800. The van der Waals surface area contributed by atoms with Gasteiger partial charge in [-0.25, -0.2) is 0 Å². The molecule has 0 aliphatic heterocycles. The van der Waals surface area contributed by atoms with Gasteiger partial charge in [0.2, 0.25) is 0 Å². The molecule has 3 atom stereocenters. The molecule has 12 heavy (non-hydrogen) atoms. The molecule has 2 N–H and O–H groups in total. The first-order valence-corrected chi connectivity index (χ1v) is 4.76. The summed E-state index contributed by atoms with van der Waals surface area (Å²) >= 11 is 0. The van der Waals surface area contributed by atoms with Gasteiger partial charge in [0.15, 0.2) is 0 Å². The fourth-order valence-corrected chi connectivity index (χ4v) is 3.12. The average molecular weight is 170 g/mol. The van der Waals surface area contributed by atoms with Crippen LogP contribution in [-0.4, -0.2) is 21.4 Å². The molecule has 0 heterocycles. The number of fused-ring (bicyclic) bond motifs is 2. The van der Waals surface area contributed by atoms with Gasteiger partial charge in [0.1, 0.15) is 0 Å². The van der Waals surface area contributed by atoms with Crippen molar-refractivity contribution in [1.82, 2.24) is 0 Å². The van der Waals surface area contributed by atoms with Crippen LogP contribution >= 0.6 is 0 Å². The highest BCUT2D eigenvalue weighted by molar-refractivity contribution is 5.20. The first-order valence-electron chi connectivity index (χ1n) is 4.76. The van der Waals surface area contributed by atoms with Crippen LogP contribution in [0.4, 0.5) is 0 Å². The summed E-state index contributed by atoms with van der Waals surface area (Å²) in [7, 11) is 0. The first-order chi connectivity index (χ1) is 5.31. The maximum absolute atomic E-state index is 10.2. The van der Waals surface area contributed by atoms with E-state index in [1.807, 2.05) is 0 Å². The highest BCUT2D eigenvalue weighted by atomic mass is 16.4. The van der Waals surface area contributed by atoms with E-state index in [0.29, 0.717) is 5.92 Å². The van der Waals surface area contributed by atoms with Crippen molar-refractivity contribution >= 4 is 0 Å². The predicted molar refractivity (Wildman–Crippen MR) is 46.7 cm³/mol. The summed E-state index contributed by atoms with van der Waals surface area (Å²) in [5.74, 6) is 0.614. The minimum Gasteiger partial charge on any atom is -0.387 e. The zero-order valence-electron chi connectivity index (χ0n) is 8.09. The van der Waals surface area contributed by atoms with Gasteiger partial charge >= 0.3 is 0 Å². The molecule has 70 valence electrons. The molecular formula is C10H18O2. The molecule has 2 heteroatoms. The van der Waals surface area contributed by atoms with Gasteiger partial charge in [0.25, 0.3) is 0 Å². The lowest BCUT2D eigenvalue weighted by atomic mass is 9.41. The Morgan fingerprint density at radius 2 is 1.75 bits per heavy atom. The van der Waals surface area contributed by atoms with Gasteiger partial charge in [-0.1, -0.05) is 13.8 Å². The van der Waals surface area contributed by atoms with Crippen molar-refractivity contribution in [2.45, 2.75) is 51.2 Å². The number of hydrogen-bond donors (Lipinski definition) is 2. The minimum atomic E-state index is -0.870. The van der Waals surface area contributed by atoms with Crippen LogP contribution in [0.25, 0.3) is 0 Å². The third-order valence-electron chi connectivity index (χ3n) is 4.50. The Balaban J connectivity index is 2.37. The Morgan fingerprint density at radius 3 is 2.08 bits per heavy atom. The first kappa shape index (κ1) is 8.52. The molecule has 3 aliphatic carbocycles. The minimum absolute atomic E-state index is 0.0885. The largest absolute Gasteiger partial charge is 0.387 e. The summed E-state index contributed by atoms with van der Waals surface area (Å²) in [6, 6.07) is 0. The molecular weight excluding hydrogens is 152 g/mol. The second kappa shape index (κ2) is 1.88. The second-order valence-corrected chi connectivity index (χ2v) is 5.30. The zero-order chi connectivity index (χ0) is 9.20. The Morgan fingerprint density at radius 1 is 1.17 bits per heavy atom. The van der Waals surface area contributed by atoms with E-state index in [0.717, 1.165) is 19.3 Å². The third kappa shape index (κ3) is 0.647. The van der Waals surface area contributed by atoms with Crippen molar-refractivity contribution in [2.24, 2.45) is 11.3 Å². The van der Waals surface area contributed by atoms with Crippen LogP contribution < -0.4 is 0 Å². The van der Waals surface area contributed by atoms with E-state index in [1.54, 1.807) is 6.92 Å². The van der Waals surface area contributed by atoms with Crippen LogP contribution in [0.3, 0.4) is 0 Å². The van der Waals surface area contributed by atoms with E-state index >= 15 is 0 Å². The van der Waals surface area contributed by atoms with Gasteiger partial charge in [0, 0.05) is 0 Å². The van der Waals surface area contributed by atoms with Gasteiger partial charge in [-0.15, -0.1) is 0 Å². The van der Waals surface area contributed by atoms with Crippen molar-refractivity contribution in [3.05, 3.63) is 0 Å². The molecule has 0 amide bonds. The van der Waals surface area contributed by atoms with E-state index in [4.69, 9.17) is 0 Å². The Bertz CT molecular complexity index is 210. The summed E-state index contributed by atoms with van der Waals surface area (Å²) in [4.78, 5) is 0. The van der Waals surface area contributed by atoms with Crippen molar-refractivity contribution in [1.29, 1.82) is 0 Å². The molecule has 0 aromatic heterocycles. The highest BCUT2D eigenvalue weighted by Crippen LogP contribution is 2.65. The lowest BCUT2D eigenvalue weighted by molar-refractivity contribution is -0.312. The number of rotatable bonds is 0. The topological polar surface area (TPSA) is 40.5 Å². The Kier molecular flexibility index (Phi) is 1.33. The molecule has 0 spiro atoms. The van der Waals surface area contributed by atoms with Crippen LogP contribution in [0, 0.1) is 11.3 Å². The van der Waals surface area contributed by atoms with Crippen LogP contribution in [0.1, 0.15) is 40.0 Å². The van der Waals surface area contributed by atoms with Gasteiger partial charge in [-0.05, 0) is 37.5 Å². The number of hydrogen-bond acceptors (Lipinski definition) is 2. The van der Waals surface area contributed by atoms with Crippen molar-refractivity contribution < 1.29 is 10.2 Å². The molecule has 3 fully saturated rings. The SMILES string of the molecule is CC1(C)[C@@H]2CC[C@](C)(O)[C@@]1(O)C2. The van der Waals surface area contributed by atoms with Gasteiger partial charge in [-0.3, -0.25) is 0 Å². The molecule has 0 aromatic carbocycles. The summed E-state index contributed by atoms with van der Waals surface area (Å²) in [5, 5.41) is 20.3. The van der Waals surface area contributed by atoms with E-state index in [-0.39, 0.29) is 5.41 Å². The lowest BCUT2D eigenvalue weighted by Gasteiger charge is -2.68. The summed E-state index contributed by atoms with van der Waals surface area (Å²) in [5.41, 5.74) is -1.79. The molecule has 0 saturated heterocycles. The van der Waals surface area contributed by atoms with Crippen molar-refractivity contribution in [3.8, 4) is 0 Å². The van der Waals surface area contributed by atoms with Crippen molar-refractivity contribution in [2.75, 3.05) is 0 Å². The smallest absolute Gasteiger partial charge is 0.0986 e. The van der Waals surface area contributed by atoms with E-state index in [1.165, 1.54) is 0 Å². The van der Waals surface area contributed by atoms with Gasteiger partial charge in [-0.2, -0.15) is 0 Å². The second-order valence-electron chi connectivity index (χ2n) is 5.30. The normalized spacial score (nSPS) is 56.2. The van der Waals surface area contributed by atoms with Crippen molar-refractivity contribution in [3.63, 3.8) is 0 Å². The molecule has 2 nitrogen and oxygen atoms in total. The van der Waals surface area contributed by atoms with E-state index < -0.39 is 11.2 Å². The maximum Gasteiger partial charge on any atom is 0.0986 e. The summed E-state index contributed by atoms with van der Waals surface area (Å²) in [6.45, 7) is 5.90. The van der Waals surface area contributed by atoms with Crippen LogP contribution in [0.2, 0.25) is 0 Å². The third-order valence-corrected chi connectivity index (χ3v) is 4.50. The monoisotopic (exact) mass is 170 g/mol. The molecule has 0 aromatic rings. The quantitative estimate of drug-likeness (QED) is 0.575. The van der Waals surface area contributed by atoms with Crippen LogP contribution in [0.5, 0.6) is 0 Å². The molecule has 0 radical (unpaired) electrons. The summed E-state index contributed by atoms with van der Waals surface area (Å²) in [6.07, 6.45) is 2.59. The molecule has 3 saturated carbocycles. The summed E-state index contributed by atoms with van der Waals surface area (Å²) < 4.78 is 0. The number of aliphatic hydroxyl groups is 2. The van der Waals surface area contributed by atoms with Gasteiger partial charge in [0.05, 0.1) is 11.2 Å². The maximum atomic E-state index is 10.2. The molecule has 3 rings (SSSR count). The predicted octanol–water partition coefficient (Wildman–Crippen LogP) is 1.31. The van der Waals surface area contributed by atoms with Crippen LogP contribution in [0.15, 0.2) is 0 Å². The fourth-order valence-electron chi connectivity index (χ4n) is 3.12. The van der Waals surface area contributed by atoms with E-state index in [2.05, 4.69) is 13.8 Å². The molecule has 2 bridgehead atoms. The average Bonchev–Trinajstić information content (AvgIpc) is 1.94. The fraction of sp³-hybridized carbons (Fsp3) is 1.00.